The first-order valence-corrected chi connectivity index (χ1v) is 36.0. The lowest BCUT2D eigenvalue weighted by atomic mass is 10.1. The van der Waals surface area contributed by atoms with E-state index < -0.39 is 227 Å². The molecule has 5 fully saturated rings. The number of ether oxygens (including phenoxy) is 5. The number of nitrogen functional groups attached to an aromatic ring is 3. The number of hydrogen-bond acceptors (Lipinski definition) is 40. The van der Waals surface area contributed by atoms with Gasteiger partial charge in [-0.3, -0.25) is 88.4 Å². The van der Waals surface area contributed by atoms with E-state index in [0.29, 0.717) is 9.13 Å². The molecule has 104 heavy (non-hydrogen) atoms. The summed E-state index contributed by atoms with van der Waals surface area (Å²) in [6.45, 7) is -6.06. The van der Waals surface area contributed by atoms with Crippen LogP contribution in [0.4, 0.5) is 17.6 Å². The van der Waals surface area contributed by atoms with Crippen molar-refractivity contribution in [1.29, 1.82) is 0 Å². The Labute approximate surface area is 573 Å². The fourth-order valence-corrected chi connectivity index (χ4v) is 15.7. The van der Waals surface area contributed by atoms with Gasteiger partial charge in [-0.2, -0.15) is 4.98 Å². The van der Waals surface area contributed by atoms with Crippen LogP contribution in [0.2, 0.25) is 0 Å². The first-order chi connectivity index (χ1) is 49.2. The van der Waals surface area contributed by atoms with Gasteiger partial charge in [0.05, 0.1) is 52.0 Å². The maximum atomic E-state index is 14.3. The number of nitrogens with zero attached hydrogens (tertiary/aromatic N) is 13. The number of hydrogen-bond donors (Lipinski definition) is 17. The fraction of sp³-hybridized carbons (Fsp3) is 0.521. The molecule has 0 aliphatic carbocycles. The van der Waals surface area contributed by atoms with Gasteiger partial charge in [0, 0.05) is 24.5 Å². The van der Waals surface area contributed by atoms with E-state index in [2.05, 4.69) is 44.9 Å². The van der Waals surface area contributed by atoms with Crippen molar-refractivity contribution < 1.29 is 133 Å². The van der Waals surface area contributed by atoms with E-state index in [1.165, 1.54) is 10.9 Å². The van der Waals surface area contributed by atoms with Crippen molar-refractivity contribution in [3.63, 3.8) is 0 Å². The van der Waals surface area contributed by atoms with Gasteiger partial charge in [-0.1, -0.05) is 0 Å². The molecule has 56 heteroatoms. The smallest absolute Gasteiger partial charge is 0.394 e. The number of H-pyrrole nitrogens is 3. The van der Waals surface area contributed by atoms with Crippen LogP contribution in [0.5, 0.6) is 0 Å². The summed E-state index contributed by atoms with van der Waals surface area (Å²) in [4.78, 5) is 145. The summed E-state index contributed by atoms with van der Waals surface area (Å²) < 4.78 is 132. The molecule has 0 amide bonds. The molecule has 20 N–H and O–H groups in total. The van der Waals surface area contributed by atoms with Gasteiger partial charge in [0.1, 0.15) is 115 Å². The maximum absolute atomic E-state index is 14.3. The second-order valence-electron chi connectivity index (χ2n) is 23.3. The Morgan fingerprint density at radius 1 is 0.423 bits per heavy atom. The number of rotatable bonds is 26. The number of nitrogens with two attached hydrogens (primary N) is 3. The molecule has 13 heterocycles. The SMILES string of the molecule is Nc1nc2c(ncn2[C@@H]2O[C@H](COP(=O)(O)O[C@H]3[C@@H](O)[C@H](n4ccc(=O)[nH]c4=O)O[C@@H]3CO)[C@@H](OP(=O)(O)OC[C@H]3O[C@@H](n4ccc(=O)[nH]c4=O)[C@H](O)[C@@H]3OP(=O)(O)OC[C@H]3O[C@@H](n4cnc5c(N)ncnc54)[C@H](O)[C@@H]3OP(=O)(O)OC[C@H]3O[C@@H](n4cnc5c(N)ncnc54)[C@H](O)[C@@H]3O)[C@H]2O)c(=O)[nH]1. The number of nitrogens with one attached hydrogen (secondary N) is 3. The molecular weight excluding hydrogens is 1490 g/mol. The molecule has 0 spiro atoms. The Bertz CT molecular complexity index is 5060. The van der Waals surface area contributed by atoms with Gasteiger partial charge in [-0.15, -0.1) is 0 Å². The highest BCUT2D eigenvalue weighted by molar-refractivity contribution is 7.48. The monoisotopic (exact) mass is 1550 g/mol. The summed E-state index contributed by atoms with van der Waals surface area (Å²) in [5.41, 5.74) is 11.8. The first kappa shape index (κ1) is 74.4. The number of aliphatic hydroxyl groups excluding tert-OH is 7. The molecule has 564 valence electrons. The Kier molecular flexibility index (Phi) is 20.6. The number of aromatic nitrogens is 16. The average Bonchev–Trinajstić information content (AvgIpc) is 1.62. The zero-order chi connectivity index (χ0) is 74.4. The van der Waals surface area contributed by atoms with Crippen LogP contribution in [0.15, 0.2) is 80.1 Å². The van der Waals surface area contributed by atoms with Crippen molar-refractivity contribution >= 4 is 82.4 Å². The van der Waals surface area contributed by atoms with Gasteiger partial charge in [0.25, 0.3) is 16.7 Å². The molecule has 13 rings (SSSR count). The number of imidazole rings is 3. The molecule has 0 bridgehead atoms. The molecular formula is C48H59N19O33P4. The molecule has 5 saturated heterocycles. The summed E-state index contributed by atoms with van der Waals surface area (Å²) in [5, 5.41) is 78.7. The third kappa shape index (κ3) is 14.8. The third-order valence-electron chi connectivity index (χ3n) is 16.7. The van der Waals surface area contributed by atoms with Gasteiger partial charge in [-0.25, -0.2) is 62.7 Å². The minimum absolute atomic E-state index is 0.0386. The summed E-state index contributed by atoms with van der Waals surface area (Å²) in [5.74, 6) is -0.684. The average molecular weight is 1550 g/mol. The fourth-order valence-electron chi connectivity index (χ4n) is 11.9. The van der Waals surface area contributed by atoms with Crippen LogP contribution in [0.1, 0.15) is 31.1 Å². The van der Waals surface area contributed by atoms with Gasteiger partial charge < -0.3 is 96.2 Å². The van der Waals surface area contributed by atoms with Crippen LogP contribution in [0.25, 0.3) is 33.5 Å². The van der Waals surface area contributed by atoms with E-state index in [-0.39, 0.29) is 39.6 Å². The largest absolute Gasteiger partial charge is 0.472 e. The van der Waals surface area contributed by atoms with Crippen LogP contribution in [0.3, 0.4) is 0 Å². The Morgan fingerprint density at radius 2 is 0.760 bits per heavy atom. The molecule has 52 nitrogen and oxygen atoms in total. The van der Waals surface area contributed by atoms with Gasteiger partial charge in [0.15, 0.2) is 65.2 Å². The van der Waals surface area contributed by atoms with Crippen LogP contribution in [-0.2, 0) is 78.1 Å². The molecule has 4 unspecified atom stereocenters. The Balaban J connectivity index is 0.724. The number of phosphoric ester groups is 4. The van der Waals surface area contributed by atoms with Crippen LogP contribution in [-0.4, -0.2) is 258 Å². The molecule has 0 aromatic carbocycles. The number of fused-ring (bicyclic) bond motifs is 3. The van der Waals surface area contributed by atoms with Crippen LogP contribution >= 0.6 is 31.3 Å². The lowest BCUT2D eigenvalue weighted by Gasteiger charge is -2.27. The van der Waals surface area contributed by atoms with E-state index in [0.717, 1.165) is 59.0 Å². The third-order valence-corrected chi connectivity index (χ3v) is 20.6. The van der Waals surface area contributed by atoms with Crippen molar-refractivity contribution in [3.05, 3.63) is 108 Å². The maximum Gasteiger partial charge on any atom is 0.472 e. The topological polar surface area (TPSA) is 749 Å². The molecule has 0 saturated carbocycles. The van der Waals surface area contributed by atoms with Crippen molar-refractivity contribution in [2.45, 2.75) is 123 Å². The Morgan fingerprint density at radius 3 is 1.15 bits per heavy atom. The number of anilines is 3. The second-order valence-corrected chi connectivity index (χ2v) is 28.9. The van der Waals surface area contributed by atoms with Gasteiger partial charge >= 0.3 is 42.7 Å². The van der Waals surface area contributed by atoms with Crippen molar-refractivity contribution in [1.82, 2.24) is 77.7 Å². The molecule has 24 atom stereocenters. The van der Waals surface area contributed by atoms with Crippen LogP contribution < -0.4 is 45.3 Å². The molecule has 5 aliphatic rings. The minimum Gasteiger partial charge on any atom is -0.394 e. The first-order valence-electron chi connectivity index (χ1n) is 30.0. The number of phosphoric acid groups is 4. The zero-order valence-electron chi connectivity index (χ0n) is 52.0. The van der Waals surface area contributed by atoms with Crippen LogP contribution in [0, 0.1) is 0 Å². The lowest BCUT2D eigenvalue weighted by Crippen LogP contribution is -2.39. The van der Waals surface area contributed by atoms with E-state index in [4.69, 9.17) is 77.1 Å². The predicted molar refractivity (Wildman–Crippen MR) is 330 cm³/mol. The summed E-state index contributed by atoms with van der Waals surface area (Å²) >= 11 is 0. The van der Waals surface area contributed by atoms with Gasteiger partial charge in [-0.05, 0) is 0 Å². The summed E-state index contributed by atoms with van der Waals surface area (Å²) in [7, 11) is -23.0. The normalized spacial score (nSPS) is 32.5. The highest BCUT2D eigenvalue weighted by atomic mass is 31.2. The van der Waals surface area contributed by atoms with Crippen molar-refractivity contribution in [2.75, 3.05) is 50.2 Å². The van der Waals surface area contributed by atoms with Crippen molar-refractivity contribution in [2.24, 2.45) is 0 Å². The molecule has 5 aliphatic heterocycles. The summed E-state index contributed by atoms with van der Waals surface area (Å²) in [6.07, 6.45) is -32.7. The molecule has 0 radical (unpaired) electrons. The lowest BCUT2D eigenvalue weighted by molar-refractivity contribution is -0.0652. The highest BCUT2D eigenvalue weighted by Gasteiger charge is 2.56. The molecule has 8 aromatic rings. The number of aromatic amines is 3. The van der Waals surface area contributed by atoms with E-state index in [1.54, 1.807) is 0 Å². The van der Waals surface area contributed by atoms with Gasteiger partial charge in [0.2, 0.25) is 5.95 Å². The quantitative estimate of drug-likeness (QED) is 0.0224. The predicted octanol–water partition coefficient (Wildman–Crippen LogP) is -7.70. The minimum atomic E-state index is -5.90. The molecule has 8 aromatic heterocycles. The number of aliphatic hydroxyl groups is 7. The van der Waals surface area contributed by atoms with E-state index in [1.807, 2.05) is 9.97 Å². The second kappa shape index (κ2) is 28.8. The van der Waals surface area contributed by atoms with Crippen molar-refractivity contribution in [3.8, 4) is 0 Å². The summed E-state index contributed by atoms with van der Waals surface area (Å²) in [6, 6.07) is 1.64. The zero-order valence-corrected chi connectivity index (χ0v) is 55.6. The standard InChI is InChI=1S/C48H59N19O33P4/c49-35-22-37(54-10-52-35)65(12-56-22)41-26(72)25(71)16(93-41)6-88-101(80,81)99-33-18(95-44(29(33)75)66-13-57-23-36(50)53-11-55-38(23)66)8-91-103(84,85)98-32-17(94-43(28(32)74)64-4-2-21(70)60-48(64)79)7-90-104(86,87)100-34-19(96-45(30(34)76)67-14-58-24-39(67)61-46(51)62-40(24)77)9-89-102(82,83)97-31-15(5-68)92-42(27(31)73)63-3-1-20(69)59-47(63)78/h1-4,10-19,25-34,41-45,68,71-76H,5-9H2,(H,80,81)(H,82,83)(H,84,85)(H,86,87)(H2,49,52,54)(H2,50,53,55)(H,59,69,78)(H,60,70,79)(H3,51,61,62,77)/t15-,16-,17-,18-,19-,25-,26-,27-,28-,29-,30-,31-,32-,33-,34-,41-,42-,43-,44-,45-/m1/s1. The van der Waals surface area contributed by atoms with E-state index in [9.17, 15) is 97.6 Å². The highest BCUT2D eigenvalue weighted by Crippen LogP contribution is 2.55. The Hall–Kier alpha value is -7.83. The van der Waals surface area contributed by atoms with E-state index >= 15 is 0 Å².